The van der Waals surface area contributed by atoms with Crippen LogP contribution in [0.4, 0.5) is 0 Å². The minimum absolute atomic E-state index is 0.215. The molecule has 0 unspecified atom stereocenters. The lowest BCUT2D eigenvalue weighted by molar-refractivity contribution is 0.676. The van der Waals surface area contributed by atoms with E-state index in [2.05, 4.69) is 43.0 Å². The summed E-state index contributed by atoms with van der Waals surface area (Å²) >= 11 is 0. The molecule has 4 heteroatoms. The number of aromatic nitrogens is 3. The van der Waals surface area contributed by atoms with Gasteiger partial charge in [0.05, 0.1) is 6.54 Å². The molecule has 17 heavy (non-hydrogen) atoms. The van der Waals surface area contributed by atoms with Crippen molar-refractivity contribution < 1.29 is 0 Å². The van der Waals surface area contributed by atoms with E-state index in [-0.39, 0.29) is 5.82 Å². The smallest absolute Gasteiger partial charge is 0.247 e. The van der Waals surface area contributed by atoms with Crippen LogP contribution in [0.1, 0.15) is 28.1 Å². The molecule has 4 nitrogen and oxygen atoms in total. The van der Waals surface area contributed by atoms with Crippen LogP contribution in [0.15, 0.2) is 18.5 Å². The number of rotatable bonds is 2. The minimum Gasteiger partial charge on any atom is -0.247 e. The standard InChI is InChI=1S/C13H14N4/c1-9-4-10(2)12(11(3)5-9)7-17-8-15-13(6-14)16-17/h4-5,8H,7H2,1-3H3. The molecule has 0 bridgehead atoms. The first-order valence-corrected chi connectivity index (χ1v) is 5.46. The minimum atomic E-state index is 0.215. The molecule has 0 radical (unpaired) electrons. The lowest BCUT2D eigenvalue weighted by Crippen LogP contribution is -2.05. The fraction of sp³-hybridized carbons (Fsp3) is 0.308. The summed E-state index contributed by atoms with van der Waals surface area (Å²) in [5.41, 5.74) is 5.00. The average Bonchev–Trinajstić information content (AvgIpc) is 2.71. The van der Waals surface area contributed by atoms with Crippen molar-refractivity contribution >= 4 is 0 Å². The molecule has 0 saturated carbocycles. The van der Waals surface area contributed by atoms with Crippen molar-refractivity contribution in [1.82, 2.24) is 14.8 Å². The zero-order valence-corrected chi connectivity index (χ0v) is 10.2. The van der Waals surface area contributed by atoms with E-state index in [0.29, 0.717) is 6.54 Å². The Balaban J connectivity index is 2.33. The first-order valence-electron chi connectivity index (χ1n) is 5.46. The summed E-state index contributed by atoms with van der Waals surface area (Å²) < 4.78 is 1.70. The van der Waals surface area contributed by atoms with Crippen molar-refractivity contribution in [2.24, 2.45) is 0 Å². The molecule has 1 aromatic heterocycles. The molecule has 2 rings (SSSR count). The van der Waals surface area contributed by atoms with Gasteiger partial charge in [0.1, 0.15) is 12.4 Å². The van der Waals surface area contributed by atoms with E-state index in [1.54, 1.807) is 11.0 Å². The molecular formula is C13H14N4. The van der Waals surface area contributed by atoms with Gasteiger partial charge in [-0.2, -0.15) is 5.26 Å². The van der Waals surface area contributed by atoms with Crippen LogP contribution >= 0.6 is 0 Å². The fourth-order valence-electron chi connectivity index (χ4n) is 2.04. The van der Waals surface area contributed by atoms with Crippen LogP contribution in [-0.2, 0) is 6.54 Å². The normalized spacial score (nSPS) is 10.2. The van der Waals surface area contributed by atoms with E-state index in [0.717, 1.165) is 0 Å². The van der Waals surface area contributed by atoms with E-state index in [1.807, 2.05) is 6.07 Å². The maximum absolute atomic E-state index is 8.67. The zero-order valence-electron chi connectivity index (χ0n) is 10.2. The van der Waals surface area contributed by atoms with E-state index in [4.69, 9.17) is 5.26 Å². The monoisotopic (exact) mass is 226 g/mol. The predicted octanol–water partition coefficient (Wildman–Crippen LogP) is 2.12. The highest BCUT2D eigenvalue weighted by atomic mass is 15.3. The van der Waals surface area contributed by atoms with Crippen molar-refractivity contribution in [2.75, 3.05) is 0 Å². The Morgan fingerprint density at radius 2 is 1.88 bits per heavy atom. The number of hydrogen-bond donors (Lipinski definition) is 0. The molecule has 0 amide bonds. The molecule has 1 heterocycles. The highest BCUT2D eigenvalue weighted by Crippen LogP contribution is 2.17. The summed E-state index contributed by atoms with van der Waals surface area (Å²) in [4.78, 5) is 3.90. The Labute approximate surface area is 101 Å². The molecule has 0 aliphatic carbocycles. The molecule has 2 aromatic rings. The maximum Gasteiger partial charge on any atom is 0.252 e. The maximum atomic E-state index is 8.67. The molecule has 0 atom stereocenters. The summed E-state index contributed by atoms with van der Waals surface area (Å²) in [6.07, 6.45) is 1.59. The molecule has 0 fully saturated rings. The van der Waals surface area contributed by atoms with Gasteiger partial charge in [-0.1, -0.05) is 17.7 Å². The average molecular weight is 226 g/mol. The second-order valence-electron chi connectivity index (χ2n) is 4.25. The van der Waals surface area contributed by atoms with Crippen LogP contribution in [-0.4, -0.2) is 14.8 Å². The molecule has 0 aliphatic heterocycles. The second-order valence-corrected chi connectivity index (χ2v) is 4.25. The van der Waals surface area contributed by atoms with Gasteiger partial charge in [-0.3, -0.25) is 0 Å². The molecule has 0 N–H and O–H groups in total. The summed E-state index contributed by atoms with van der Waals surface area (Å²) in [7, 11) is 0. The van der Waals surface area contributed by atoms with Gasteiger partial charge in [0.15, 0.2) is 0 Å². The molecular weight excluding hydrogens is 212 g/mol. The first kappa shape index (κ1) is 11.3. The molecule has 86 valence electrons. The van der Waals surface area contributed by atoms with Crippen LogP contribution in [0.25, 0.3) is 0 Å². The summed E-state index contributed by atoms with van der Waals surface area (Å²) in [6, 6.07) is 6.24. The van der Waals surface area contributed by atoms with Gasteiger partial charge >= 0.3 is 0 Å². The second kappa shape index (κ2) is 4.38. The van der Waals surface area contributed by atoms with Gasteiger partial charge in [-0.15, -0.1) is 5.10 Å². The summed E-state index contributed by atoms with van der Waals surface area (Å²) in [5.74, 6) is 0.215. The van der Waals surface area contributed by atoms with Gasteiger partial charge in [0.25, 0.3) is 5.82 Å². The highest BCUT2D eigenvalue weighted by Gasteiger charge is 2.06. The van der Waals surface area contributed by atoms with Gasteiger partial charge in [-0.25, -0.2) is 9.67 Å². The Kier molecular flexibility index (Phi) is 2.92. The van der Waals surface area contributed by atoms with Gasteiger partial charge in [0.2, 0.25) is 0 Å². The third-order valence-electron chi connectivity index (χ3n) is 2.80. The van der Waals surface area contributed by atoms with Crippen molar-refractivity contribution in [3.63, 3.8) is 0 Å². The van der Waals surface area contributed by atoms with E-state index < -0.39 is 0 Å². The number of hydrogen-bond acceptors (Lipinski definition) is 3. The molecule has 0 saturated heterocycles. The van der Waals surface area contributed by atoms with Crippen LogP contribution in [0.5, 0.6) is 0 Å². The third kappa shape index (κ3) is 2.34. The summed E-state index contributed by atoms with van der Waals surface area (Å²) in [5, 5.41) is 12.7. The Morgan fingerprint density at radius 1 is 1.24 bits per heavy atom. The van der Waals surface area contributed by atoms with Gasteiger partial charge < -0.3 is 0 Å². The highest BCUT2D eigenvalue weighted by molar-refractivity contribution is 5.37. The van der Waals surface area contributed by atoms with Crippen LogP contribution < -0.4 is 0 Å². The van der Waals surface area contributed by atoms with Gasteiger partial charge in [-0.05, 0) is 37.5 Å². The fourth-order valence-corrected chi connectivity index (χ4v) is 2.04. The predicted molar refractivity (Wildman–Crippen MR) is 64.5 cm³/mol. The Hall–Kier alpha value is -2.15. The molecule has 0 aliphatic rings. The third-order valence-corrected chi connectivity index (χ3v) is 2.80. The molecule has 1 aromatic carbocycles. The van der Waals surface area contributed by atoms with Crippen LogP contribution in [0.3, 0.4) is 0 Å². The number of aryl methyl sites for hydroxylation is 3. The van der Waals surface area contributed by atoms with Crippen molar-refractivity contribution in [1.29, 1.82) is 5.26 Å². The van der Waals surface area contributed by atoms with Crippen molar-refractivity contribution in [3.05, 3.63) is 46.5 Å². The summed E-state index contributed by atoms with van der Waals surface area (Å²) in [6.45, 7) is 6.94. The van der Waals surface area contributed by atoms with E-state index >= 15 is 0 Å². The lowest BCUT2D eigenvalue weighted by Gasteiger charge is -2.10. The topological polar surface area (TPSA) is 54.5 Å². The Morgan fingerprint density at radius 3 is 2.41 bits per heavy atom. The Bertz CT molecular complexity index is 567. The largest absolute Gasteiger partial charge is 0.252 e. The van der Waals surface area contributed by atoms with Crippen LogP contribution in [0, 0.1) is 32.1 Å². The number of nitriles is 1. The lowest BCUT2D eigenvalue weighted by atomic mass is 10.00. The van der Waals surface area contributed by atoms with Crippen LogP contribution in [0.2, 0.25) is 0 Å². The number of nitrogens with zero attached hydrogens (tertiary/aromatic N) is 4. The van der Waals surface area contributed by atoms with E-state index in [1.165, 1.54) is 22.3 Å². The number of benzene rings is 1. The first-order chi connectivity index (χ1) is 8.10. The molecule has 0 spiro atoms. The van der Waals surface area contributed by atoms with Gasteiger partial charge in [0, 0.05) is 0 Å². The SMILES string of the molecule is Cc1cc(C)c(Cn2cnc(C#N)n2)c(C)c1. The quantitative estimate of drug-likeness (QED) is 0.788. The van der Waals surface area contributed by atoms with E-state index in [9.17, 15) is 0 Å². The van der Waals surface area contributed by atoms with Crippen molar-refractivity contribution in [2.45, 2.75) is 27.3 Å². The zero-order chi connectivity index (χ0) is 12.4. The van der Waals surface area contributed by atoms with Crippen molar-refractivity contribution in [3.8, 4) is 6.07 Å².